The van der Waals surface area contributed by atoms with Gasteiger partial charge in [0.15, 0.2) is 0 Å². The quantitative estimate of drug-likeness (QED) is 0.163. The average molecular weight is 776 g/mol. The van der Waals surface area contributed by atoms with Gasteiger partial charge in [-0.3, -0.25) is 0 Å². The molecular weight excluding hydrogens is 743 g/mol. The summed E-state index contributed by atoms with van der Waals surface area (Å²) < 4.78 is 4.37. The van der Waals surface area contributed by atoms with E-state index in [1.807, 2.05) is 24.3 Å². The van der Waals surface area contributed by atoms with Gasteiger partial charge in [-0.05, 0) is 105 Å². The van der Waals surface area contributed by atoms with E-state index >= 15 is 0 Å². The number of rotatable bonds is 5. The van der Waals surface area contributed by atoms with Crippen molar-refractivity contribution in [3.8, 4) is 17.4 Å². The molecular formula is C56H33N5. The molecule has 10 aromatic carbocycles. The molecule has 2 aromatic heterocycles. The molecule has 0 spiro atoms. The van der Waals surface area contributed by atoms with E-state index in [2.05, 4.69) is 201 Å². The number of benzene rings is 10. The standard InChI is InChI=1S/C56H33N5/c1-58-47-34-52(39(35-57)32-53(47)61-50-29-25-37-15-9-12-22-44(37)55(50)56-45-23-13-10-16-38(45)26-30-51(56)61)60-48-31-27-42(59(40-17-4-2-5-18-40)41-19-6-3-7-20-41)33-46(48)54-43-21-11-8-14-36(43)24-28-49(54)60/h2-34H. The number of anilines is 3. The Balaban J connectivity index is 1.15. The van der Waals surface area contributed by atoms with E-state index in [4.69, 9.17) is 6.57 Å². The number of hydrogen-bond acceptors (Lipinski definition) is 2. The monoisotopic (exact) mass is 775 g/mol. The lowest BCUT2D eigenvalue weighted by atomic mass is 10.00. The second-order valence-electron chi connectivity index (χ2n) is 15.5. The van der Waals surface area contributed by atoms with Crippen molar-refractivity contribution in [3.05, 3.63) is 217 Å². The highest BCUT2D eigenvalue weighted by Crippen LogP contribution is 2.46. The molecule has 5 nitrogen and oxygen atoms in total. The van der Waals surface area contributed by atoms with Crippen LogP contribution in [0.3, 0.4) is 0 Å². The largest absolute Gasteiger partial charge is 0.319 e. The van der Waals surface area contributed by atoms with Crippen molar-refractivity contribution in [2.75, 3.05) is 4.90 Å². The van der Waals surface area contributed by atoms with Gasteiger partial charge in [-0.25, -0.2) is 4.85 Å². The summed E-state index contributed by atoms with van der Waals surface area (Å²) in [6.07, 6.45) is 0. The van der Waals surface area contributed by atoms with Crippen LogP contribution in [0.5, 0.6) is 0 Å². The van der Waals surface area contributed by atoms with Gasteiger partial charge in [-0.15, -0.1) is 0 Å². The summed E-state index contributed by atoms with van der Waals surface area (Å²) >= 11 is 0. The van der Waals surface area contributed by atoms with Gasteiger partial charge in [0.1, 0.15) is 6.07 Å². The van der Waals surface area contributed by atoms with Crippen LogP contribution in [-0.2, 0) is 0 Å². The third-order valence-electron chi connectivity index (χ3n) is 12.3. The van der Waals surface area contributed by atoms with Gasteiger partial charge in [0, 0.05) is 38.6 Å². The Morgan fingerprint density at radius 2 is 0.869 bits per heavy atom. The number of fused-ring (bicyclic) bond motifs is 12. The summed E-state index contributed by atoms with van der Waals surface area (Å²) in [7, 11) is 0. The molecule has 61 heavy (non-hydrogen) atoms. The first-order valence-electron chi connectivity index (χ1n) is 20.4. The molecule has 0 fully saturated rings. The number of nitrogens with zero attached hydrogens (tertiary/aromatic N) is 5. The first-order chi connectivity index (χ1) is 30.2. The van der Waals surface area contributed by atoms with Crippen molar-refractivity contribution in [2.24, 2.45) is 0 Å². The Labute approximate surface area is 351 Å². The van der Waals surface area contributed by atoms with Gasteiger partial charge in [0.05, 0.1) is 45.6 Å². The Bertz CT molecular complexity index is 3710. The maximum Gasteiger partial charge on any atom is 0.212 e. The highest BCUT2D eigenvalue weighted by atomic mass is 15.1. The summed E-state index contributed by atoms with van der Waals surface area (Å²) in [5, 5.41) is 22.4. The van der Waals surface area contributed by atoms with Crippen molar-refractivity contribution in [3.63, 3.8) is 0 Å². The fourth-order valence-electron chi connectivity index (χ4n) is 9.69. The molecule has 0 radical (unpaired) electrons. The van der Waals surface area contributed by atoms with Gasteiger partial charge in [0.2, 0.25) is 5.69 Å². The molecule has 0 bridgehead atoms. The molecule has 0 N–H and O–H groups in total. The van der Waals surface area contributed by atoms with Crippen LogP contribution in [0.1, 0.15) is 5.56 Å². The summed E-state index contributed by atoms with van der Waals surface area (Å²) in [6, 6.07) is 72.2. The van der Waals surface area contributed by atoms with Crippen molar-refractivity contribution in [1.29, 1.82) is 5.26 Å². The summed E-state index contributed by atoms with van der Waals surface area (Å²) in [5.74, 6) is 0. The molecule has 0 aliphatic heterocycles. The van der Waals surface area contributed by atoms with E-state index in [-0.39, 0.29) is 0 Å². The second kappa shape index (κ2) is 13.5. The van der Waals surface area contributed by atoms with Crippen LogP contribution in [0.4, 0.5) is 22.7 Å². The Hall–Kier alpha value is -8.64. The minimum atomic E-state index is 0.459. The zero-order valence-electron chi connectivity index (χ0n) is 32.8. The molecule has 5 heteroatoms. The number of hydrogen-bond donors (Lipinski definition) is 0. The van der Waals surface area contributed by atoms with Gasteiger partial charge < -0.3 is 14.0 Å². The van der Waals surface area contributed by atoms with E-state index in [1.165, 1.54) is 0 Å². The highest BCUT2D eigenvalue weighted by Gasteiger charge is 2.24. The molecule has 0 atom stereocenters. The molecule has 282 valence electrons. The third-order valence-corrected chi connectivity index (χ3v) is 12.3. The SMILES string of the molecule is [C-]#[N+]c1cc(-n2c3ccc(N(c4ccccc4)c4ccccc4)cc3c3c4ccccc4ccc32)c(C#N)cc1-n1c2ccc3ccccc3c2c2c3ccccc3ccc21. The number of nitriles is 1. The molecule has 2 heterocycles. The predicted octanol–water partition coefficient (Wildman–Crippen LogP) is 15.2. The van der Waals surface area contributed by atoms with Crippen LogP contribution in [0.2, 0.25) is 0 Å². The first kappa shape index (κ1) is 34.4. The topological polar surface area (TPSA) is 41.2 Å². The van der Waals surface area contributed by atoms with Crippen LogP contribution in [0.15, 0.2) is 200 Å². The Morgan fingerprint density at radius 1 is 0.410 bits per heavy atom. The van der Waals surface area contributed by atoms with E-state index < -0.39 is 0 Å². The molecule has 0 amide bonds. The van der Waals surface area contributed by atoms with Crippen LogP contribution in [0, 0.1) is 17.9 Å². The maximum atomic E-state index is 11.1. The fraction of sp³-hybridized carbons (Fsp3) is 0. The van der Waals surface area contributed by atoms with Gasteiger partial charge in [-0.2, -0.15) is 5.26 Å². The minimum absolute atomic E-state index is 0.459. The second-order valence-corrected chi connectivity index (χ2v) is 15.5. The van der Waals surface area contributed by atoms with Gasteiger partial charge in [-0.1, -0.05) is 127 Å². The smallest absolute Gasteiger partial charge is 0.212 e. The van der Waals surface area contributed by atoms with Crippen LogP contribution >= 0.6 is 0 Å². The molecule has 0 saturated carbocycles. The molecule has 0 aliphatic rings. The summed E-state index contributed by atoms with van der Waals surface area (Å²) in [5.41, 5.74) is 9.29. The normalized spacial score (nSPS) is 11.6. The van der Waals surface area contributed by atoms with Crippen LogP contribution < -0.4 is 4.90 Å². The van der Waals surface area contributed by atoms with E-state index in [0.29, 0.717) is 22.6 Å². The highest BCUT2D eigenvalue weighted by molar-refractivity contribution is 6.29. The lowest BCUT2D eigenvalue weighted by Crippen LogP contribution is -2.09. The molecule has 0 saturated heterocycles. The lowest BCUT2D eigenvalue weighted by molar-refractivity contribution is 1.14. The van der Waals surface area contributed by atoms with E-state index in [0.717, 1.165) is 93.0 Å². The van der Waals surface area contributed by atoms with Crippen molar-refractivity contribution >= 4 is 98.7 Å². The zero-order chi connectivity index (χ0) is 40.6. The molecule has 0 aliphatic carbocycles. The minimum Gasteiger partial charge on any atom is -0.319 e. The predicted molar refractivity (Wildman–Crippen MR) is 253 cm³/mol. The van der Waals surface area contributed by atoms with E-state index in [9.17, 15) is 5.26 Å². The Kier molecular flexibility index (Phi) is 7.59. The number of para-hydroxylation sites is 2. The Morgan fingerprint density at radius 3 is 1.39 bits per heavy atom. The molecule has 12 rings (SSSR count). The first-order valence-corrected chi connectivity index (χ1v) is 20.4. The lowest BCUT2D eigenvalue weighted by Gasteiger charge is -2.25. The van der Waals surface area contributed by atoms with Gasteiger partial charge in [0.25, 0.3) is 0 Å². The summed E-state index contributed by atoms with van der Waals surface area (Å²) in [6.45, 7) is 8.70. The van der Waals surface area contributed by atoms with Crippen molar-refractivity contribution in [2.45, 2.75) is 0 Å². The van der Waals surface area contributed by atoms with Crippen LogP contribution in [0.25, 0.3) is 92.1 Å². The summed E-state index contributed by atoms with van der Waals surface area (Å²) in [4.78, 5) is 6.50. The molecule has 0 unspecified atom stereocenters. The number of aromatic nitrogens is 2. The van der Waals surface area contributed by atoms with E-state index in [1.54, 1.807) is 0 Å². The van der Waals surface area contributed by atoms with Crippen LogP contribution in [-0.4, -0.2) is 9.13 Å². The zero-order valence-corrected chi connectivity index (χ0v) is 32.8. The van der Waals surface area contributed by atoms with Crippen molar-refractivity contribution in [1.82, 2.24) is 9.13 Å². The average Bonchev–Trinajstić information content (AvgIpc) is 3.85. The third kappa shape index (κ3) is 5.12. The maximum absolute atomic E-state index is 11.1. The van der Waals surface area contributed by atoms with Crippen molar-refractivity contribution < 1.29 is 0 Å². The van der Waals surface area contributed by atoms with Gasteiger partial charge >= 0.3 is 0 Å². The molecule has 12 aromatic rings. The fourth-order valence-corrected chi connectivity index (χ4v) is 9.69.